The van der Waals surface area contributed by atoms with E-state index in [1.165, 1.54) is 31.1 Å². The van der Waals surface area contributed by atoms with E-state index in [1.807, 2.05) is 0 Å². The highest BCUT2D eigenvalue weighted by atomic mass is 35.5. The van der Waals surface area contributed by atoms with Crippen LogP contribution in [0.3, 0.4) is 0 Å². The first-order valence-corrected chi connectivity index (χ1v) is 9.74. The molecule has 2 atom stereocenters. The molecule has 2 saturated heterocycles. The van der Waals surface area contributed by atoms with Crippen molar-refractivity contribution in [3.63, 3.8) is 0 Å². The Morgan fingerprint density at radius 1 is 1.20 bits per heavy atom. The molecule has 0 aliphatic carbocycles. The smallest absolute Gasteiger partial charge is 0.251 e. The molecule has 138 valence electrons. The third kappa shape index (κ3) is 4.82. The molecular formula is C17H24ClN3O3S. The van der Waals surface area contributed by atoms with Gasteiger partial charge in [0.1, 0.15) is 0 Å². The van der Waals surface area contributed by atoms with Crippen LogP contribution in [0.4, 0.5) is 0 Å². The van der Waals surface area contributed by atoms with Crippen molar-refractivity contribution in [2.24, 2.45) is 0 Å². The third-order valence-corrected chi connectivity index (χ3v) is 6.09. The van der Waals surface area contributed by atoms with Crippen molar-refractivity contribution in [1.29, 1.82) is 0 Å². The molecule has 1 aromatic carbocycles. The summed E-state index contributed by atoms with van der Waals surface area (Å²) in [5.41, 5.74) is 0.476. The molecule has 0 spiro atoms. The second-order valence-corrected chi connectivity index (χ2v) is 8.21. The molecule has 2 aliphatic rings. The molecule has 2 aliphatic heterocycles. The third-order valence-electron chi connectivity index (χ3n) is 4.65. The molecule has 0 saturated carbocycles. The maximum absolute atomic E-state index is 12.4. The molecule has 2 bridgehead atoms. The van der Waals surface area contributed by atoms with Gasteiger partial charge in [0.15, 0.2) is 0 Å². The monoisotopic (exact) mass is 385 g/mol. The molecule has 25 heavy (non-hydrogen) atoms. The van der Waals surface area contributed by atoms with E-state index in [2.05, 4.69) is 21.9 Å². The minimum Gasteiger partial charge on any atom is -0.349 e. The van der Waals surface area contributed by atoms with Gasteiger partial charge in [-0.2, -0.15) is 0 Å². The fourth-order valence-corrected chi connectivity index (χ4v) is 4.48. The normalized spacial score (nSPS) is 25.0. The predicted molar refractivity (Wildman–Crippen MR) is 99.5 cm³/mol. The van der Waals surface area contributed by atoms with Crippen LogP contribution in [0.25, 0.3) is 0 Å². The topological polar surface area (TPSA) is 87.3 Å². The fraction of sp³-hybridized carbons (Fsp3) is 0.471. The highest BCUT2D eigenvalue weighted by molar-refractivity contribution is 7.89. The molecule has 3 rings (SSSR count). The summed E-state index contributed by atoms with van der Waals surface area (Å²) in [6, 6.07) is 7.21. The first-order valence-electron chi connectivity index (χ1n) is 8.25. The van der Waals surface area contributed by atoms with E-state index in [9.17, 15) is 13.2 Å². The number of carbonyl (C=O) groups is 1. The largest absolute Gasteiger partial charge is 0.349 e. The van der Waals surface area contributed by atoms with Crippen LogP contribution in [-0.2, 0) is 10.0 Å². The number of sulfonamides is 1. The lowest BCUT2D eigenvalue weighted by atomic mass is 9.99. The van der Waals surface area contributed by atoms with E-state index < -0.39 is 10.0 Å². The molecule has 8 heteroatoms. The van der Waals surface area contributed by atoms with Crippen molar-refractivity contribution in [3.05, 3.63) is 42.5 Å². The summed E-state index contributed by atoms with van der Waals surface area (Å²) in [5.74, 6) is -0.149. The van der Waals surface area contributed by atoms with Gasteiger partial charge in [0.05, 0.1) is 4.90 Å². The van der Waals surface area contributed by atoms with Gasteiger partial charge in [-0.25, -0.2) is 13.1 Å². The summed E-state index contributed by atoms with van der Waals surface area (Å²) in [6.07, 6.45) is 5.76. The summed E-state index contributed by atoms with van der Waals surface area (Å²) in [5, 5.41) is 6.61. The quantitative estimate of drug-likeness (QED) is 0.649. The van der Waals surface area contributed by atoms with Crippen molar-refractivity contribution in [1.82, 2.24) is 15.4 Å². The number of rotatable bonds is 6. The predicted octanol–water partition coefficient (Wildman–Crippen LogP) is 1.59. The molecule has 2 unspecified atom stereocenters. The Morgan fingerprint density at radius 2 is 1.80 bits per heavy atom. The van der Waals surface area contributed by atoms with Gasteiger partial charge >= 0.3 is 0 Å². The number of halogens is 1. The van der Waals surface area contributed by atoms with E-state index in [0.717, 1.165) is 12.8 Å². The number of amides is 1. The molecule has 0 aromatic heterocycles. The van der Waals surface area contributed by atoms with Crippen LogP contribution in [0.1, 0.15) is 36.0 Å². The van der Waals surface area contributed by atoms with Crippen LogP contribution in [0.2, 0.25) is 0 Å². The van der Waals surface area contributed by atoms with Gasteiger partial charge in [-0.1, -0.05) is 6.08 Å². The zero-order chi connectivity index (χ0) is 17.2. The molecule has 6 nitrogen and oxygen atoms in total. The minimum absolute atomic E-state index is 0. The summed E-state index contributed by atoms with van der Waals surface area (Å²) in [7, 11) is -3.56. The Labute approximate surface area is 154 Å². The minimum atomic E-state index is -3.56. The van der Waals surface area contributed by atoms with E-state index in [1.54, 1.807) is 12.1 Å². The Bertz CT molecular complexity index is 709. The summed E-state index contributed by atoms with van der Waals surface area (Å²) in [4.78, 5) is 12.5. The number of hydrogen-bond donors (Lipinski definition) is 3. The van der Waals surface area contributed by atoms with E-state index >= 15 is 0 Å². The van der Waals surface area contributed by atoms with Gasteiger partial charge in [0.2, 0.25) is 10.0 Å². The molecule has 1 amide bonds. The highest BCUT2D eigenvalue weighted by Gasteiger charge is 2.34. The molecule has 1 aromatic rings. The van der Waals surface area contributed by atoms with Gasteiger partial charge in [0, 0.05) is 30.2 Å². The molecule has 3 N–H and O–H groups in total. The van der Waals surface area contributed by atoms with E-state index in [0.29, 0.717) is 17.6 Å². The van der Waals surface area contributed by atoms with Crippen LogP contribution >= 0.6 is 12.4 Å². The average molecular weight is 386 g/mol. The Morgan fingerprint density at radius 3 is 2.36 bits per heavy atom. The standard InChI is InChI=1S/C17H23N3O3S.ClH/c1-2-9-18-24(22,23)16-7-3-12(4-8-16)17(21)20-15-10-13-5-6-14(11-15)19-13;/h2-4,7-8,13-15,18-19H,1,5-6,9-11H2,(H,20,21);1H. The van der Waals surface area contributed by atoms with Gasteiger partial charge in [-0.05, 0) is 49.9 Å². The first kappa shape index (κ1) is 19.9. The zero-order valence-corrected chi connectivity index (χ0v) is 15.5. The maximum atomic E-state index is 12.4. The zero-order valence-electron chi connectivity index (χ0n) is 13.9. The van der Waals surface area contributed by atoms with E-state index in [4.69, 9.17) is 0 Å². The molecule has 2 heterocycles. The van der Waals surface area contributed by atoms with Gasteiger partial charge in [-0.3, -0.25) is 4.79 Å². The Balaban J connectivity index is 0.00000225. The molecule has 0 radical (unpaired) electrons. The Kier molecular flexibility index (Phi) is 6.62. The SMILES string of the molecule is C=CCNS(=O)(=O)c1ccc(C(=O)NC2CC3CCC(C2)N3)cc1.Cl. The Hall–Kier alpha value is -1.41. The van der Waals surface area contributed by atoms with Gasteiger partial charge in [-0.15, -0.1) is 19.0 Å². The number of piperidine rings is 1. The number of carbonyl (C=O) groups excluding carboxylic acids is 1. The van der Waals surface area contributed by atoms with Gasteiger partial charge < -0.3 is 10.6 Å². The van der Waals surface area contributed by atoms with Crippen molar-refractivity contribution in [3.8, 4) is 0 Å². The molecular weight excluding hydrogens is 362 g/mol. The highest BCUT2D eigenvalue weighted by Crippen LogP contribution is 2.27. The first-order chi connectivity index (χ1) is 11.5. The second kappa shape index (κ2) is 8.31. The van der Waals surface area contributed by atoms with E-state index in [-0.39, 0.29) is 35.8 Å². The lowest BCUT2D eigenvalue weighted by Crippen LogP contribution is -2.48. The number of benzene rings is 1. The maximum Gasteiger partial charge on any atom is 0.251 e. The fourth-order valence-electron chi connectivity index (χ4n) is 3.48. The summed E-state index contributed by atoms with van der Waals surface area (Å²) >= 11 is 0. The van der Waals surface area contributed by atoms with Crippen molar-refractivity contribution < 1.29 is 13.2 Å². The van der Waals surface area contributed by atoms with Crippen molar-refractivity contribution in [2.75, 3.05) is 6.54 Å². The van der Waals surface area contributed by atoms with Crippen LogP contribution < -0.4 is 15.4 Å². The van der Waals surface area contributed by atoms with Gasteiger partial charge in [0.25, 0.3) is 5.91 Å². The number of fused-ring (bicyclic) bond motifs is 2. The van der Waals surface area contributed by atoms with Crippen molar-refractivity contribution >= 4 is 28.3 Å². The summed E-state index contributed by atoms with van der Waals surface area (Å²) in [6.45, 7) is 3.65. The number of nitrogens with one attached hydrogen (secondary N) is 3. The van der Waals surface area contributed by atoms with Crippen LogP contribution in [-0.4, -0.2) is 39.0 Å². The van der Waals surface area contributed by atoms with Crippen LogP contribution in [0, 0.1) is 0 Å². The lowest BCUT2D eigenvalue weighted by Gasteiger charge is -2.29. The van der Waals surface area contributed by atoms with Crippen molar-refractivity contribution in [2.45, 2.75) is 48.7 Å². The summed E-state index contributed by atoms with van der Waals surface area (Å²) < 4.78 is 26.4. The molecule has 2 fully saturated rings. The van der Waals surface area contributed by atoms with Crippen LogP contribution in [0.15, 0.2) is 41.8 Å². The lowest BCUT2D eigenvalue weighted by molar-refractivity contribution is 0.0924. The average Bonchev–Trinajstić information content (AvgIpc) is 2.91. The second-order valence-electron chi connectivity index (χ2n) is 6.44. The van der Waals surface area contributed by atoms with Crippen LogP contribution in [0.5, 0.6) is 0 Å². The number of hydrogen-bond acceptors (Lipinski definition) is 4.